The maximum absolute atomic E-state index is 15.7. The molecule has 0 bridgehead atoms. The largest absolute Gasteiger partial charge is 0.326 e. The zero-order chi connectivity index (χ0) is 30.1. The van der Waals surface area contributed by atoms with Crippen LogP contribution >= 0.6 is 23.2 Å². The Labute approximate surface area is 248 Å². The zero-order valence-electron chi connectivity index (χ0n) is 23.0. The summed E-state index contributed by atoms with van der Waals surface area (Å²) in [4.78, 5) is 25.3. The number of benzene rings is 3. The van der Waals surface area contributed by atoms with Gasteiger partial charge in [0.15, 0.2) is 0 Å². The highest BCUT2D eigenvalue weighted by Crippen LogP contribution is 2.52. The standard InChI is InChI=1S/C31H30Cl2F2N4O2/c1-17(40)37-19-9-11-20(12-10-19)38-29(41)28-26(21-6-5-7-23(33)27(21)35)31(16-36,25(39-28)15-30(2,3)4)22-13-8-18(32)14-24(22)34/h5-14,25-26,28,39H,15H2,1-4H3,(H,37,40)(H,38,41)/t25-,26-,28+,31-/m0/s1. The van der Waals surface area contributed by atoms with Crippen molar-refractivity contribution in [3.8, 4) is 6.07 Å². The van der Waals surface area contributed by atoms with Crippen LogP contribution in [0.2, 0.25) is 10.0 Å². The van der Waals surface area contributed by atoms with Crippen LogP contribution < -0.4 is 16.0 Å². The van der Waals surface area contributed by atoms with E-state index < -0.39 is 41.0 Å². The van der Waals surface area contributed by atoms with Crippen molar-refractivity contribution >= 4 is 46.4 Å². The molecule has 0 aliphatic carbocycles. The number of carbonyl (C=O) groups is 2. The van der Waals surface area contributed by atoms with Gasteiger partial charge < -0.3 is 16.0 Å². The predicted octanol–water partition coefficient (Wildman–Crippen LogP) is 7.19. The Bertz CT molecular complexity index is 1520. The Hall–Kier alpha value is -3.51. The molecule has 0 aromatic heterocycles. The summed E-state index contributed by atoms with van der Waals surface area (Å²) in [6, 6.07) is 15.3. The quantitative estimate of drug-likeness (QED) is 0.280. The number of nitriles is 1. The van der Waals surface area contributed by atoms with Crippen molar-refractivity contribution in [2.45, 2.75) is 57.5 Å². The van der Waals surface area contributed by atoms with E-state index in [1.807, 2.05) is 20.8 Å². The Morgan fingerprint density at radius 1 is 1.02 bits per heavy atom. The molecule has 0 saturated carbocycles. The highest BCUT2D eigenvalue weighted by atomic mass is 35.5. The van der Waals surface area contributed by atoms with E-state index in [1.165, 1.54) is 37.3 Å². The molecule has 3 N–H and O–H groups in total. The number of hydrogen-bond acceptors (Lipinski definition) is 4. The summed E-state index contributed by atoms with van der Waals surface area (Å²) in [7, 11) is 0. The minimum atomic E-state index is -1.72. The summed E-state index contributed by atoms with van der Waals surface area (Å²) in [5.74, 6) is -3.49. The van der Waals surface area contributed by atoms with E-state index in [4.69, 9.17) is 23.2 Å². The van der Waals surface area contributed by atoms with Gasteiger partial charge in [0.1, 0.15) is 17.0 Å². The highest BCUT2D eigenvalue weighted by Gasteiger charge is 2.61. The number of nitrogens with one attached hydrogen (secondary N) is 3. The molecule has 1 heterocycles. The Kier molecular flexibility index (Phi) is 8.74. The molecule has 0 radical (unpaired) electrons. The van der Waals surface area contributed by atoms with Crippen molar-refractivity contribution in [1.82, 2.24) is 5.32 Å². The molecule has 2 amide bonds. The van der Waals surface area contributed by atoms with Crippen LogP contribution in [0.25, 0.3) is 0 Å². The molecule has 214 valence electrons. The van der Waals surface area contributed by atoms with E-state index in [-0.39, 0.29) is 32.5 Å². The molecule has 3 aromatic rings. The second-order valence-electron chi connectivity index (χ2n) is 11.4. The van der Waals surface area contributed by atoms with Crippen LogP contribution in [0, 0.1) is 28.4 Å². The van der Waals surface area contributed by atoms with Crippen molar-refractivity contribution in [3.05, 3.63) is 93.5 Å². The van der Waals surface area contributed by atoms with E-state index in [0.29, 0.717) is 17.8 Å². The normalized spacial score (nSPS) is 22.2. The number of anilines is 2. The van der Waals surface area contributed by atoms with E-state index in [2.05, 4.69) is 22.0 Å². The lowest BCUT2D eigenvalue weighted by molar-refractivity contribution is -0.118. The fraction of sp³-hybridized carbons (Fsp3) is 0.323. The smallest absolute Gasteiger partial charge is 0.242 e. The molecule has 1 aliphatic rings. The SMILES string of the molecule is CC(=O)Nc1ccc(NC(=O)[C@@H]2N[C@@H](CC(C)(C)C)[C@](C#N)(c3ccc(Cl)cc3F)[C@H]2c2cccc(Cl)c2F)cc1. The van der Waals surface area contributed by atoms with E-state index in [1.54, 1.807) is 24.3 Å². The van der Waals surface area contributed by atoms with E-state index >= 15 is 8.78 Å². The molecule has 1 saturated heterocycles. The monoisotopic (exact) mass is 598 g/mol. The fourth-order valence-corrected chi connectivity index (χ4v) is 5.96. The zero-order valence-corrected chi connectivity index (χ0v) is 24.5. The van der Waals surface area contributed by atoms with Crippen molar-refractivity contribution in [2.75, 3.05) is 10.6 Å². The molecule has 4 atom stereocenters. The number of nitrogens with zero attached hydrogens (tertiary/aromatic N) is 1. The predicted molar refractivity (Wildman–Crippen MR) is 157 cm³/mol. The molecule has 1 fully saturated rings. The van der Waals surface area contributed by atoms with Gasteiger partial charge in [-0.1, -0.05) is 62.2 Å². The van der Waals surface area contributed by atoms with Gasteiger partial charge in [-0.25, -0.2) is 8.78 Å². The average Bonchev–Trinajstić information content (AvgIpc) is 3.19. The minimum absolute atomic E-state index is 0.00508. The number of rotatable bonds is 6. The molecule has 0 spiro atoms. The highest BCUT2D eigenvalue weighted by molar-refractivity contribution is 6.31. The van der Waals surface area contributed by atoms with Crippen LogP contribution in [-0.4, -0.2) is 23.9 Å². The number of amides is 2. The number of halogens is 4. The van der Waals surface area contributed by atoms with E-state index in [9.17, 15) is 14.9 Å². The van der Waals surface area contributed by atoms with Crippen molar-refractivity contribution in [3.63, 3.8) is 0 Å². The second kappa shape index (κ2) is 11.8. The van der Waals surface area contributed by atoms with Gasteiger partial charge in [-0.15, -0.1) is 0 Å². The van der Waals surface area contributed by atoms with Crippen LogP contribution in [-0.2, 0) is 15.0 Å². The molecule has 4 rings (SSSR count). The minimum Gasteiger partial charge on any atom is -0.326 e. The van der Waals surface area contributed by atoms with Crippen LogP contribution in [0.15, 0.2) is 60.7 Å². The summed E-state index contributed by atoms with van der Waals surface area (Å²) in [6.07, 6.45) is 0.358. The summed E-state index contributed by atoms with van der Waals surface area (Å²) in [5.41, 5.74) is -1.10. The van der Waals surface area contributed by atoms with E-state index in [0.717, 1.165) is 6.07 Å². The van der Waals surface area contributed by atoms with Gasteiger partial charge in [0.2, 0.25) is 11.8 Å². The fourth-order valence-electron chi connectivity index (χ4n) is 5.62. The maximum Gasteiger partial charge on any atom is 0.242 e. The van der Waals surface area contributed by atoms with Gasteiger partial charge in [0.05, 0.1) is 17.1 Å². The summed E-state index contributed by atoms with van der Waals surface area (Å²) in [5, 5.41) is 19.6. The van der Waals surface area contributed by atoms with Gasteiger partial charge in [-0.2, -0.15) is 5.26 Å². The molecule has 6 nitrogen and oxygen atoms in total. The van der Waals surface area contributed by atoms with Gasteiger partial charge in [-0.05, 0) is 59.9 Å². The molecular weight excluding hydrogens is 569 g/mol. The van der Waals surface area contributed by atoms with Crippen LogP contribution in [0.1, 0.15) is 51.2 Å². The van der Waals surface area contributed by atoms with Crippen LogP contribution in [0.3, 0.4) is 0 Å². The molecule has 1 aliphatic heterocycles. The number of hydrogen-bond donors (Lipinski definition) is 3. The second-order valence-corrected chi connectivity index (χ2v) is 12.3. The van der Waals surface area contributed by atoms with Crippen molar-refractivity contribution in [1.29, 1.82) is 5.26 Å². The lowest BCUT2D eigenvalue weighted by Gasteiger charge is -2.37. The Balaban J connectivity index is 1.89. The number of carbonyl (C=O) groups excluding carboxylic acids is 2. The molecule has 3 aromatic carbocycles. The third-order valence-corrected chi connectivity index (χ3v) is 7.73. The Morgan fingerprint density at radius 3 is 2.22 bits per heavy atom. The summed E-state index contributed by atoms with van der Waals surface area (Å²) >= 11 is 12.2. The first-order chi connectivity index (χ1) is 19.3. The molecule has 10 heteroatoms. The van der Waals surface area contributed by atoms with Gasteiger partial charge >= 0.3 is 0 Å². The first kappa shape index (κ1) is 30.4. The Morgan fingerprint density at radius 2 is 1.66 bits per heavy atom. The summed E-state index contributed by atoms with van der Waals surface area (Å²) < 4.78 is 31.4. The maximum atomic E-state index is 15.7. The average molecular weight is 600 g/mol. The summed E-state index contributed by atoms with van der Waals surface area (Å²) in [6.45, 7) is 7.28. The third-order valence-electron chi connectivity index (χ3n) is 7.20. The van der Waals surface area contributed by atoms with Crippen molar-refractivity contribution < 1.29 is 18.4 Å². The van der Waals surface area contributed by atoms with Crippen LogP contribution in [0.5, 0.6) is 0 Å². The molecule has 41 heavy (non-hydrogen) atoms. The van der Waals surface area contributed by atoms with Gasteiger partial charge in [0, 0.05) is 40.8 Å². The molecular formula is C31H30Cl2F2N4O2. The lowest BCUT2D eigenvalue weighted by Crippen LogP contribution is -2.45. The molecule has 0 unspecified atom stereocenters. The van der Waals surface area contributed by atoms with Gasteiger partial charge in [0.25, 0.3) is 0 Å². The van der Waals surface area contributed by atoms with Crippen LogP contribution in [0.4, 0.5) is 20.2 Å². The third kappa shape index (κ3) is 6.23. The van der Waals surface area contributed by atoms with Crippen molar-refractivity contribution in [2.24, 2.45) is 5.41 Å². The lowest BCUT2D eigenvalue weighted by atomic mass is 9.62. The first-order valence-corrected chi connectivity index (χ1v) is 13.8. The first-order valence-electron chi connectivity index (χ1n) is 13.0. The topological polar surface area (TPSA) is 94.0 Å². The van der Waals surface area contributed by atoms with Gasteiger partial charge in [-0.3, -0.25) is 9.59 Å².